The van der Waals surface area contributed by atoms with E-state index in [4.69, 9.17) is 5.73 Å². The van der Waals surface area contributed by atoms with E-state index in [1.165, 1.54) is 30.3 Å². The molecule has 32 heavy (non-hydrogen) atoms. The van der Waals surface area contributed by atoms with Crippen LogP contribution >= 0.6 is 0 Å². The molecule has 2 heterocycles. The van der Waals surface area contributed by atoms with Gasteiger partial charge in [-0.3, -0.25) is 19.4 Å². The summed E-state index contributed by atoms with van der Waals surface area (Å²) in [4.78, 5) is 38.5. The topological polar surface area (TPSA) is 134 Å². The number of carbonyl (C=O) groups is 3. The first-order chi connectivity index (χ1) is 15.5. The molecule has 1 fully saturated rings. The maximum absolute atomic E-state index is 12.1. The van der Waals surface area contributed by atoms with E-state index in [2.05, 4.69) is 15.6 Å². The molecule has 0 aliphatic carbocycles. The molecule has 0 spiro atoms. The van der Waals surface area contributed by atoms with E-state index in [1.54, 1.807) is 42.7 Å². The summed E-state index contributed by atoms with van der Waals surface area (Å²) in [7, 11) is 0. The van der Waals surface area contributed by atoms with Crippen molar-refractivity contribution >= 4 is 17.6 Å². The number of hydrogen-bond donors (Lipinski definition) is 4. The van der Waals surface area contributed by atoms with Crippen LogP contribution in [0.2, 0.25) is 0 Å². The molecule has 1 aromatic heterocycles. The van der Waals surface area contributed by atoms with Crippen LogP contribution in [0, 0.1) is 0 Å². The maximum Gasteiger partial charge on any atom is 0.251 e. The molecule has 0 unspecified atom stereocenters. The second-order valence-electron chi connectivity index (χ2n) is 7.19. The van der Waals surface area contributed by atoms with Crippen molar-refractivity contribution in [3.8, 4) is 5.75 Å². The number of rotatable bonds is 5. The Morgan fingerprint density at radius 3 is 2.19 bits per heavy atom. The van der Waals surface area contributed by atoms with Crippen LogP contribution < -0.4 is 16.4 Å². The summed E-state index contributed by atoms with van der Waals surface area (Å²) >= 11 is 0. The number of aromatic nitrogens is 1. The number of carbonyl (C=O) groups excluding carboxylic acids is 3. The zero-order valence-corrected chi connectivity index (χ0v) is 17.3. The smallest absolute Gasteiger partial charge is 0.251 e. The third-order valence-corrected chi connectivity index (χ3v) is 4.92. The molecule has 3 aromatic rings. The number of benzene rings is 2. The SMILES string of the molecule is NC(=O)c1ccc(C(=O)c2ccccc2O)cc1.O=C(N[C@H]1CCNC1)c1ccncc1. The summed E-state index contributed by atoms with van der Waals surface area (Å²) in [6.45, 7) is 1.86. The molecule has 0 radical (unpaired) electrons. The summed E-state index contributed by atoms with van der Waals surface area (Å²) in [6, 6.07) is 16.0. The number of para-hydroxylation sites is 1. The Hall–Kier alpha value is -4.04. The Balaban J connectivity index is 0.000000186. The number of hydrogen-bond acceptors (Lipinski definition) is 6. The van der Waals surface area contributed by atoms with Gasteiger partial charge < -0.3 is 21.5 Å². The monoisotopic (exact) mass is 432 g/mol. The standard InChI is InChI=1S/C14H11NO3.C10H13N3O/c15-14(18)10-7-5-9(6-8-10)13(17)11-3-1-2-4-12(11)16;14-10(8-1-4-11-5-2-8)13-9-3-6-12-7-9/h1-8,16H,(H2,15,18);1-2,4-5,9,12H,3,6-7H2,(H,13,14)/t;9-/m.0/s1. The molecule has 2 aromatic carbocycles. The average Bonchev–Trinajstić information content (AvgIpc) is 3.33. The summed E-state index contributed by atoms with van der Waals surface area (Å²) in [5.41, 5.74) is 6.74. The van der Waals surface area contributed by atoms with Gasteiger partial charge in [0.15, 0.2) is 5.78 Å². The van der Waals surface area contributed by atoms with Gasteiger partial charge >= 0.3 is 0 Å². The lowest BCUT2D eigenvalue weighted by Gasteiger charge is -2.10. The van der Waals surface area contributed by atoms with Crippen molar-refractivity contribution < 1.29 is 19.5 Å². The van der Waals surface area contributed by atoms with Crippen LogP contribution in [0.3, 0.4) is 0 Å². The third kappa shape index (κ3) is 5.99. The van der Waals surface area contributed by atoms with Gasteiger partial charge in [-0.15, -0.1) is 0 Å². The van der Waals surface area contributed by atoms with Crippen molar-refractivity contribution in [1.29, 1.82) is 0 Å². The van der Waals surface area contributed by atoms with Crippen molar-refractivity contribution in [2.24, 2.45) is 5.73 Å². The summed E-state index contributed by atoms with van der Waals surface area (Å²) < 4.78 is 0. The van der Waals surface area contributed by atoms with Crippen molar-refractivity contribution in [2.75, 3.05) is 13.1 Å². The van der Waals surface area contributed by atoms with Gasteiger partial charge in [0.05, 0.1) is 5.56 Å². The second kappa shape index (κ2) is 10.8. The van der Waals surface area contributed by atoms with Gasteiger partial charge in [0.2, 0.25) is 5.91 Å². The van der Waals surface area contributed by atoms with Gasteiger partial charge in [-0.1, -0.05) is 24.3 Å². The normalized spacial score (nSPS) is 14.7. The number of nitrogens with zero attached hydrogens (tertiary/aromatic N) is 1. The quantitative estimate of drug-likeness (QED) is 0.455. The molecule has 8 heteroatoms. The van der Waals surface area contributed by atoms with Crippen molar-refractivity contribution in [3.63, 3.8) is 0 Å². The minimum Gasteiger partial charge on any atom is -0.507 e. The van der Waals surface area contributed by atoms with Crippen LogP contribution in [-0.4, -0.2) is 46.8 Å². The summed E-state index contributed by atoms with van der Waals surface area (Å²) in [5.74, 6) is -0.928. The zero-order valence-electron chi connectivity index (χ0n) is 17.3. The molecule has 4 rings (SSSR count). The van der Waals surface area contributed by atoms with Gasteiger partial charge in [-0.05, 0) is 49.4 Å². The number of aromatic hydroxyl groups is 1. The minimum absolute atomic E-state index is 0.0129. The Morgan fingerprint density at radius 2 is 1.59 bits per heavy atom. The van der Waals surface area contributed by atoms with Gasteiger partial charge in [-0.2, -0.15) is 0 Å². The Bertz CT molecular complexity index is 1080. The van der Waals surface area contributed by atoms with E-state index in [9.17, 15) is 19.5 Å². The van der Waals surface area contributed by atoms with Crippen LogP contribution in [0.5, 0.6) is 5.75 Å². The van der Waals surface area contributed by atoms with Gasteiger partial charge in [0.1, 0.15) is 5.75 Å². The predicted octanol–water partition coefficient (Wildman–Crippen LogP) is 1.90. The van der Waals surface area contributed by atoms with Crippen molar-refractivity contribution in [3.05, 3.63) is 95.3 Å². The van der Waals surface area contributed by atoms with E-state index in [1.807, 2.05) is 0 Å². The Morgan fingerprint density at radius 1 is 0.938 bits per heavy atom. The molecule has 2 amide bonds. The first-order valence-corrected chi connectivity index (χ1v) is 10.1. The molecule has 8 nitrogen and oxygen atoms in total. The predicted molar refractivity (Wildman–Crippen MR) is 119 cm³/mol. The molecule has 0 bridgehead atoms. The van der Waals surface area contributed by atoms with Crippen LogP contribution in [0.1, 0.15) is 43.1 Å². The maximum atomic E-state index is 12.1. The van der Waals surface area contributed by atoms with Crippen LogP contribution in [-0.2, 0) is 0 Å². The van der Waals surface area contributed by atoms with Gasteiger partial charge in [0, 0.05) is 41.7 Å². The number of ketones is 1. The van der Waals surface area contributed by atoms with E-state index in [0.29, 0.717) is 16.7 Å². The number of pyridine rings is 1. The molecular formula is C24H24N4O4. The molecule has 1 saturated heterocycles. The van der Waals surface area contributed by atoms with Crippen molar-refractivity contribution in [1.82, 2.24) is 15.6 Å². The Labute approximate surface area is 185 Å². The first kappa shape index (κ1) is 22.6. The number of amides is 2. The molecular weight excluding hydrogens is 408 g/mol. The number of primary amides is 1. The minimum atomic E-state index is -0.545. The Kier molecular flexibility index (Phi) is 7.66. The van der Waals surface area contributed by atoms with Crippen LogP contribution in [0.25, 0.3) is 0 Å². The number of nitrogens with one attached hydrogen (secondary N) is 2. The molecule has 5 N–H and O–H groups in total. The lowest BCUT2D eigenvalue weighted by atomic mass is 10.0. The molecule has 0 saturated carbocycles. The highest BCUT2D eigenvalue weighted by atomic mass is 16.3. The van der Waals surface area contributed by atoms with Crippen molar-refractivity contribution in [2.45, 2.75) is 12.5 Å². The van der Waals surface area contributed by atoms with E-state index < -0.39 is 5.91 Å². The molecule has 1 aliphatic heterocycles. The van der Waals surface area contributed by atoms with Gasteiger partial charge in [0.25, 0.3) is 5.91 Å². The fraction of sp³-hybridized carbons (Fsp3) is 0.167. The third-order valence-electron chi connectivity index (χ3n) is 4.92. The van der Waals surface area contributed by atoms with E-state index in [0.717, 1.165) is 19.5 Å². The number of phenolic OH excluding ortho intramolecular Hbond substituents is 1. The van der Waals surface area contributed by atoms with E-state index in [-0.39, 0.29) is 29.0 Å². The van der Waals surface area contributed by atoms with E-state index >= 15 is 0 Å². The highest BCUT2D eigenvalue weighted by molar-refractivity contribution is 6.11. The van der Waals surface area contributed by atoms with Gasteiger partial charge in [-0.25, -0.2) is 0 Å². The summed E-state index contributed by atoms with van der Waals surface area (Å²) in [5, 5.41) is 15.8. The van der Waals surface area contributed by atoms with Crippen LogP contribution in [0.4, 0.5) is 0 Å². The summed E-state index contributed by atoms with van der Waals surface area (Å²) in [6.07, 6.45) is 4.26. The van der Waals surface area contributed by atoms with Crippen LogP contribution in [0.15, 0.2) is 73.1 Å². The molecule has 1 aliphatic rings. The largest absolute Gasteiger partial charge is 0.507 e. The lowest BCUT2D eigenvalue weighted by Crippen LogP contribution is -2.36. The molecule has 164 valence electrons. The highest BCUT2D eigenvalue weighted by Gasteiger charge is 2.17. The zero-order chi connectivity index (χ0) is 22.9. The number of nitrogens with two attached hydrogens (primary N) is 1. The second-order valence-corrected chi connectivity index (χ2v) is 7.19. The fourth-order valence-corrected chi connectivity index (χ4v) is 3.16. The lowest BCUT2D eigenvalue weighted by molar-refractivity contribution is 0.0938. The number of phenols is 1. The highest BCUT2D eigenvalue weighted by Crippen LogP contribution is 2.20. The first-order valence-electron chi connectivity index (χ1n) is 10.1. The fourth-order valence-electron chi connectivity index (χ4n) is 3.16. The average molecular weight is 432 g/mol. The molecule has 1 atom stereocenters.